The van der Waals surface area contributed by atoms with Crippen LogP contribution in [0.25, 0.3) is 0 Å². The van der Waals surface area contributed by atoms with Gasteiger partial charge in [-0.1, -0.05) is 5.21 Å². The Morgan fingerprint density at radius 2 is 2.19 bits per heavy atom. The second-order valence-corrected chi connectivity index (χ2v) is 12.1. The number of hydrogen-bond acceptors (Lipinski definition) is 9. The van der Waals surface area contributed by atoms with Crippen LogP contribution < -0.4 is 11.1 Å². The molecule has 0 spiro atoms. The van der Waals surface area contributed by atoms with E-state index in [0.717, 1.165) is 41.7 Å². The number of carbonyl (C=O) groups is 2. The fraction of sp³-hybridized carbons (Fsp3) is 0.500. The highest BCUT2D eigenvalue weighted by atomic mass is 32.1. The molecule has 4 N–H and O–H groups in total. The molecule has 1 saturated carbocycles. The number of carbonyl (C=O) groups excluding carboxylic acids is 2. The van der Waals surface area contributed by atoms with Crippen LogP contribution in [0.15, 0.2) is 17.5 Å². The zero-order valence-electron chi connectivity index (χ0n) is 19.7. The van der Waals surface area contributed by atoms with E-state index in [1.807, 2.05) is 13.0 Å². The molecule has 10 nitrogen and oxygen atoms in total. The van der Waals surface area contributed by atoms with Crippen molar-refractivity contribution in [3.05, 3.63) is 49.1 Å². The van der Waals surface area contributed by atoms with Gasteiger partial charge in [0.25, 0.3) is 5.91 Å². The van der Waals surface area contributed by atoms with Crippen LogP contribution in [0.3, 0.4) is 0 Å². The highest BCUT2D eigenvalue weighted by Gasteiger charge is 2.54. The molecule has 2 aliphatic carbocycles. The Hall–Kier alpha value is -3.14. The van der Waals surface area contributed by atoms with Gasteiger partial charge in [-0.15, -0.1) is 32.9 Å². The number of aromatic nitrogens is 4. The maximum absolute atomic E-state index is 13.1. The lowest BCUT2D eigenvalue weighted by Gasteiger charge is -2.34. The van der Waals surface area contributed by atoms with Crippen molar-refractivity contribution < 1.29 is 9.59 Å². The molecular formula is C24H26N8O2S2. The number of thiophene rings is 2. The molecule has 186 valence electrons. The first-order chi connectivity index (χ1) is 17.4. The van der Waals surface area contributed by atoms with Crippen molar-refractivity contribution in [3.63, 3.8) is 0 Å². The van der Waals surface area contributed by atoms with E-state index < -0.39 is 11.3 Å². The summed E-state index contributed by atoms with van der Waals surface area (Å²) in [7, 11) is 0. The molecule has 0 aromatic carbocycles. The Labute approximate surface area is 215 Å². The van der Waals surface area contributed by atoms with Gasteiger partial charge in [0, 0.05) is 21.8 Å². The Morgan fingerprint density at radius 1 is 1.36 bits per heavy atom. The Kier molecular flexibility index (Phi) is 5.66. The van der Waals surface area contributed by atoms with Crippen LogP contribution in [-0.2, 0) is 23.1 Å². The van der Waals surface area contributed by atoms with Gasteiger partial charge in [0.05, 0.1) is 22.9 Å². The summed E-state index contributed by atoms with van der Waals surface area (Å²) in [6.45, 7) is 2.20. The number of aryl methyl sites for hydroxylation is 2. The largest absolute Gasteiger partial charge is 0.365 e. The smallest absolute Gasteiger partial charge is 0.258 e. The van der Waals surface area contributed by atoms with Crippen LogP contribution in [0.2, 0.25) is 0 Å². The van der Waals surface area contributed by atoms with Gasteiger partial charge in [-0.3, -0.25) is 9.59 Å². The summed E-state index contributed by atoms with van der Waals surface area (Å²) in [4.78, 5) is 29.8. The SMILES string of the molecule is C[C@@H](CC1(c2nn[nH]n2)c2ccsc2CCc2sc(C(N)=O)cc21)NCC(=O)N1C(C#N)C[C@@H]2C[C@@H]21. The molecule has 0 radical (unpaired) electrons. The number of nitrogens with two attached hydrogens (primary N) is 1. The number of nitriles is 1. The quantitative estimate of drug-likeness (QED) is 0.427. The maximum Gasteiger partial charge on any atom is 0.258 e. The molecule has 5 atom stereocenters. The minimum Gasteiger partial charge on any atom is -0.365 e. The summed E-state index contributed by atoms with van der Waals surface area (Å²) in [5, 5.41) is 30.3. The molecule has 3 aromatic heterocycles. The third-order valence-corrected chi connectivity index (χ3v) is 9.97. The lowest BCUT2D eigenvalue weighted by Crippen LogP contribution is -2.46. The molecule has 6 rings (SSSR count). The number of H-pyrrole nitrogens is 1. The molecule has 2 fully saturated rings. The van der Waals surface area contributed by atoms with E-state index in [1.54, 1.807) is 16.2 Å². The lowest BCUT2D eigenvalue weighted by atomic mass is 9.70. The summed E-state index contributed by atoms with van der Waals surface area (Å²) in [6, 6.07) is 6.08. The summed E-state index contributed by atoms with van der Waals surface area (Å²) >= 11 is 3.14. The zero-order chi connectivity index (χ0) is 25.0. The van der Waals surface area contributed by atoms with Gasteiger partial charge in [0.2, 0.25) is 5.91 Å². The fourth-order valence-corrected chi connectivity index (χ4v) is 8.14. The van der Waals surface area contributed by atoms with Crippen molar-refractivity contribution in [1.82, 2.24) is 30.8 Å². The van der Waals surface area contributed by atoms with Gasteiger partial charge in [0.1, 0.15) is 6.04 Å². The van der Waals surface area contributed by atoms with Crippen LogP contribution in [0.4, 0.5) is 0 Å². The number of piperidine rings is 1. The molecule has 4 heterocycles. The summed E-state index contributed by atoms with van der Waals surface area (Å²) in [6.07, 6.45) is 4.00. The average Bonchev–Trinajstić information content (AvgIpc) is 3.39. The Bertz CT molecular complexity index is 1360. The first-order valence-corrected chi connectivity index (χ1v) is 13.8. The van der Waals surface area contributed by atoms with Crippen LogP contribution in [0, 0.1) is 17.2 Å². The van der Waals surface area contributed by atoms with E-state index in [0.29, 0.717) is 23.0 Å². The number of fused-ring (bicyclic) bond motifs is 3. The zero-order valence-corrected chi connectivity index (χ0v) is 21.4. The Balaban J connectivity index is 1.33. The average molecular weight is 523 g/mol. The van der Waals surface area contributed by atoms with Crippen molar-refractivity contribution in [1.29, 1.82) is 5.26 Å². The molecule has 2 unspecified atom stereocenters. The van der Waals surface area contributed by atoms with Crippen molar-refractivity contribution >= 4 is 34.5 Å². The first-order valence-electron chi connectivity index (χ1n) is 12.1. The second-order valence-electron chi connectivity index (χ2n) is 9.94. The van der Waals surface area contributed by atoms with Gasteiger partial charge in [-0.05, 0) is 73.6 Å². The number of hydrogen-bond donors (Lipinski definition) is 3. The van der Waals surface area contributed by atoms with Gasteiger partial charge in [-0.2, -0.15) is 10.5 Å². The fourth-order valence-electron chi connectivity index (χ4n) is 6.09. The van der Waals surface area contributed by atoms with E-state index in [4.69, 9.17) is 5.73 Å². The first kappa shape index (κ1) is 23.3. The number of rotatable bonds is 7. The van der Waals surface area contributed by atoms with Crippen molar-refractivity contribution in [3.8, 4) is 6.07 Å². The highest BCUT2D eigenvalue weighted by Crippen LogP contribution is 2.50. The van der Waals surface area contributed by atoms with E-state index in [1.165, 1.54) is 16.2 Å². The number of nitrogens with zero attached hydrogens (tertiary/aromatic N) is 5. The maximum atomic E-state index is 13.1. The molecule has 36 heavy (non-hydrogen) atoms. The van der Waals surface area contributed by atoms with Crippen LogP contribution in [-0.4, -0.2) is 62.0 Å². The minimum absolute atomic E-state index is 0.0312. The monoisotopic (exact) mass is 522 g/mol. The van der Waals surface area contributed by atoms with Crippen LogP contribution in [0.5, 0.6) is 0 Å². The second kappa shape index (κ2) is 8.76. The minimum atomic E-state index is -0.752. The number of aromatic amines is 1. The Morgan fingerprint density at radius 3 is 2.94 bits per heavy atom. The molecule has 12 heteroatoms. The highest BCUT2D eigenvalue weighted by molar-refractivity contribution is 7.14. The normalized spacial score (nSPS) is 26.9. The summed E-state index contributed by atoms with van der Waals surface area (Å²) < 4.78 is 0. The molecule has 3 aliphatic rings. The van der Waals surface area contributed by atoms with Gasteiger partial charge in [-0.25, -0.2) is 0 Å². The summed E-state index contributed by atoms with van der Waals surface area (Å²) in [5.41, 5.74) is 7.00. The van der Waals surface area contributed by atoms with Gasteiger partial charge >= 0.3 is 0 Å². The number of amides is 2. The standard InChI is InChI=1S/C24H26N8O2S2/c1-12(27-11-21(33)32-14(10-25)6-13-7-17(13)32)9-24(23-28-30-31-29-23)15-4-5-35-18(15)2-3-19-16(24)8-20(36-19)22(26)34/h4-5,8,12-14,17,27H,2-3,6-7,9,11H2,1H3,(H2,26,34)(H,28,29,30,31)/t12-,13+,14?,17-,24?/m0/s1. The topological polar surface area (TPSA) is 154 Å². The van der Waals surface area contributed by atoms with E-state index >= 15 is 0 Å². The number of tetrazole rings is 1. The van der Waals surface area contributed by atoms with Crippen LogP contribution >= 0.6 is 22.7 Å². The molecule has 0 bridgehead atoms. The molecule has 3 aromatic rings. The third kappa shape index (κ3) is 3.65. The molecule has 1 aliphatic heterocycles. The van der Waals surface area contributed by atoms with Gasteiger partial charge in [0.15, 0.2) is 5.82 Å². The van der Waals surface area contributed by atoms with E-state index in [-0.39, 0.29) is 30.6 Å². The number of nitrogens with one attached hydrogen (secondary N) is 2. The number of likely N-dealkylation sites (tertiary alicyclic amines) is 1. The predicted octanol–water partition coefficient (Wildman–Crippen LogP) is 1.74. The number of primary amides is 1. The van der Waals surface area contributed by atoms with E-state index in [2.05, 4.69) is 43.5 Å². The van der Waals surface area contributed by atoms with Crippen molar-refractivity contribution in [2.24, 2.45) is 11.7 Å². The lowest BCUT2D eigenvalue weighted by molar-refractivity contribution is -0.131. The van der Waals surface area contributed by atoms with Crippen LogP contribution in [0.1, 0.15) is 62.6 Å². The summed E-state index contributed by atoms with van der Waals surface area (Å²) in [5.74, 6) is 0.533. The van der Waals surface area contributed by atoms with Gasteiger partial charge < -0.3 is 16.0 Å². The third-order valence-electron chi connectivity index (χ3n) is 7.78. The molecule has 1 saturated heterocycles. The predicted molar refractivity (Wildman–Crippen MR) is 133 cm³/mol. The van der Waals surface area contributed by atoms with E-state index in [9.17, 15) is 14.9 Å². The van der Waals surface area contributed by atoms with Crippen molar-refractivity contribution in [2.75, 3.05) is 6.54 Å². The molecular weight excluding hydrogens is 496 g/mol. The van der Waals surface area contributed by atoms with Crippen molar-refractivity contribution in [2.45, 2.75) is 62.6 Å². The molecule has 2 amide bonds.